The lowest BCUT2D eigenvalue weighted by Gasteiger charge is -2.27. The van der Waals surface area contributed by atoms with Crippen LogP contribution in [-0.4, -0.2) is 4.57 Å². The van der Waals surface area contributed by atoms with E-state index in [4.69, 9.17) is 0 Å². The Morgan fingerprint density at radius 3 is 1.45 bits per heavy atom. The second kappa shape index (κ2) is 11.3. The molecule has 0 fully saturated rings. The minimum Gasteiger partial charge on any atom is -0.309 e. The number of benzene rings is 5. The molecule has 242 valence electrons. The number of fused-ring (bicyclic) bond motifs is 3. The molecule has 0 saturated heterocycles. The third-order valence-electron chi connectivity index (χ3n) is 9.76. The zero-order chi connectivity index (χ0) is 34.1. The van der Waals surface area contributed by atoms with Crippen LogP contribution < -0.4 is 0 Å². The van der Waals surface area contributed by atoms with Crippen molar-refractivity contribution >= 4 is 21.8 Å². The van der Waals surface area contributed by atoms with Crippen molar-refractivity contribution in [2.75, 3.05) is 0 Å². The van der Waals surface area contributed by atoms with Gasteiger partial charge in [-0.15, -0.1) is 0 Å². The predicted octanol–water partition coefficient (Wildman–Crippen LogP) is 13.3. The molecule has 0 N–H and O–H groups in total. The van der Waals surface area contributed by atoms with E-state index in [9.17, 15) is 0 Å². The molecule has 1 nitrogen and oxygen atoms in total. The van der Waals surface area contributed by atoms with Gasteiger partial charge in [-0.2, -0.15) is 0 Å². The molecule has 0 aliphatic heterocycles. The van der Waals surface area contributed by atoms with Crippen molar-refractivity contribution in [1.29, 1.82) is 0 Å². The fourth-order valence-electron chi connectivity index (χ4n) is 7.06. The van der Waals surface area contributed by atoms with Crippen LogP contribution in [0.1, 0.15) is 105 Å². The van der Waals surface area contributed by atoms with E-state index in [1.807, 2.05) is 0 Å². The SMILES string of the molecule is CC(C)(C)c1ccc(-c2ccc3c(c2C(C)(C)C)c2c(-c4ccccc4)cccc2n3-c2cc(C(C)(C)C)cc(C(C)(C)C)c2)cc1. The number of hydrogen-bond donors (Lipinski definition) is 0. The highest BCUT2D eigenvalue weighted by Crippen LogP contribution is 2.47. The van der Waals surface area contributed by atoms with Gasteiger partial charge in [0.2, 0.25) is 0 Å². The topological polar surface area (TPSA) is 4.93 Å². The maximum absolute atomic E-state index is 2.54. The third kappa shape index (κ3) is 6.06. The summed E-state index contributed by atoms with van der Waals surface area (Å²) in [5.74, 6) is 0. The van der Waals surface area contributed by atoms with Gasteiger partial charge in [0.1, 0.15) is 0 Å². The lowest BCUT2D eigenvalue weighted by Crippen LogP contribution is -2.17. The summed E-state index contributed by atoms with van der Waals surface area (Å²) in [5, 5.41) is 2.67. The second-order valence-corrected chi connectivity index (χ2v) is 17.6. The van der Waals surface area contributed by atoms with E-state index in [2.05, 4.69) is 191 Å². The molecule has 0 aliphatic rings. The van der Waals surface area contributed by atoms with E-state index in [1.165, 1.54) is 72.0 Å². The minimum atomic E-state index is -0.107. The van der Waals surface area contributed by atoms with Crippen LogP contribution in [0.25, 0.3) is 49.7 Å². The van der Waals surface area contributed by atoms with Crippen molar-refractivity contribution < 1.29 is 0 Å². The van der Waals surface area contributed by atoms with Gasteiger partial charge in [-0.25, -0.2) is 0 Å². The van der Waals surface area contributed by atoms with Crippen LogP contribution in [0.3, 0.4) is 0 Å². The number of aromatic nitrogens is 1. The van der Waals surface area contributed by atoms with E-state index in [0.717, 1.165) is 0 Å². The van der Waals surface area contributed by atoms with Crippen LogP contribution in [-0.2, 0) is 21.7 Å². The largest absolute Gasteiger partial charge is 0.309 e. The first-order chi connectivity index (χ1) is 21.9. The van der Waals surface area contributed by atoms with Gasteiger partial charge >= 0.3 is 0 Å². The van der Waals surface area contributed by atoms with Crippen molar-refractivity contribution in [3.05, 3.63) is 125 Å². The van der Waals surface area contributed by atoms with Crippen molar-refractivity contribution in [1.82, 2.24) is 4.57 Å². The lowest BCUT2D eigenvalue weighted by atomic mass is 9.78. The van der Waals surface area contributed by atoms with Crippen molar-refractivity contribution in [2.24, 2.45) is 0 Å². The molecule has 0 bridgehead atoms. The Morgan fingerprint density at radius 1 is 0.383 bits per heavy atom. The van der Waals surface area contributed by atoms with Crippen LogP contribution in [0.15, 0.2) is 103 Å². The number of nitrogens with zero attached hydrogens (tertiary/aromatic N) is 1. The van der Waals surface area contributed by atoms with Gasteiger partial charge < -0.3 is 4.57 Å². The second-order valence-electron chi connectivity index (χ2n) is 17.6. The molecule has 0 saturated carbocycles. The van der Waals surface area contributed by atoms with Gasteiger partial charge in [-0.1, -0.05) is 162 Å². The highest BCUT2D eigenvalue weighted by atomic mass is 15.0. The molecule has 47 heavy (non-hydrogen) atoms. The Kier molecular flexibility index (Phi) is 7.86. The molecule has 1 heterocycles. The molecule has 0 atom stereocenters. The van der Waals surface area contributed by atoms with Crippen LogP contribution in [0.4, 0.5) is 0 Å². The van der Waals surface area contributed by atoms with Gasteiger partial charge in [0.25, 0.3) is 0 Å². The Bertz CT molecular complexity index is 2040. The molecule has 6 aromatic rings. The first-order valence-electron chi connectivity index (χ1n) is 17.3. The van der Waals surface area contributed by atoms with E-state index in [1.54, 1.807) is 0 Å². The Hall–Kier alpha value is -4.10. The summed E-state index contributed by atoms with van der Waals surface area (Å²) in [6.07, 6.45) is 0. The Morgan fingerprint density at radius 2 is 0.915 bits per heavy atom. The van der Waals surface area contributed by atoms with Gasteiger partial charge in [0.15, 0.2) is 0 Å². The first-order valence-corrected chi connectivity index (χ1v) is 17.3. The van der Waals surface area contributed by atoms with Crippen molar-refractivity contribution in [3.8, 4) is 27.9 Å². The molecular formula is C46H53N. The molecule has 0 radical (unpaired) electrons. The van der Waals surface area contributed by atoms with Gasteiger partial charge in [0.05, 0.1) is 11.0 Å². The van der Waals surface area contributed by atoms with Crippen molar-refractivity contribution in [2.45, 2.75) is 105 Å². The summed E-state index contributed by atoms with van der Waals surface area (Å²) in [7, 11) is 0. The zero-order valence-electron chi connectivity index (χ0n) is 30.8. The molecular weight excluding hydrogens is 567 g/mol. The van der Waals surface area contributed by atoms with Gasteiger partial charge in [-0.05, 0) is 90.4 Å². The number of hydrogen-bond acceptors (Lipinski definition) is 0. The van der Waals surface area contributed by atoms with Crippen molar-refractivity contribution in [3.63, 3.8) is 0 Å². The Balaban J connectivity index is 1.80. The molecule has 0 spiro atoms. The minimum absolute atomic E-state index is 0.0208. The van der Waals surface area contributed by atoms with E-state index < -0.39 is 0 Å². The summed E-state index contributed by atoms with van der Waals surface area (Å²) in [6.45, 7) is 27.9. The summed E-state index contributed by atoms with van der Waals surface area (Å²) in [5.41, 5.74) is 14.4. The van der Waals surface area contributed by atoms with E-state index in [0.29, 0.717) is 0 Å². The fraction of sp³-hybridized carbons (Fsp3) is 0.348. The van der Waals surface area contributed by atoms with Crippen LogP contribution in [0.5, 0.6) is 0 Å². The molecule has 1 aromatic heterocycles. The normalized spacial score (nSPS) is 13.1. The molecule has 0 amide bonds. The van der Waals surface area contributed by atoms with E-state index >= 15 is 0 Å². The Labute approximate surface area is 283 Å². The molecule has 0 aliphatic carbocycles. The lowest BCUT2D eigenvalue weighted by molar-refractivity contribution is 0.568. The maximum Gasteiger partial charge on any atom is 0.0547 e. The smallest absolute Gasteiger partial charge is 0.0547 e. The fourth-order valence-corrected chi connectivity index (χ4v) is 7.06. The highest BCUT2D eigenvalue weighted by molar-refractivity contribution is 6.18. The summed E-state index contributed by atoms with van der Waals surface area (Å²) in [4.78, 5) is 0. The van der Waals surface area contributed by atoms with Crippen LogP contribution >= 0.6 is 0 Å². The van der Waals surface area contributed by atoms with Crippen LogP contribution in [0.2, 0.25) is 0 Å². The average molecular weight is 620 g/mol. The molecule has 5 aromatic carbocycles. The number of rotatable bonds is 3. The summed E-state index contributed by atoms with van der Waals surface area (Å²) >= 11 is 0. The summed E-state index contributed by atoms with van der Waals surface area (Å²) < 4.78 is 2.54. The molecule has 1 heteroatoms. The average Bonchev–Trinajstić information content (AvgIpc) is 3.33. The molecule has 0 unspecified atom stereocenters. The monoisotopic (exact) mass is 619 g/mol. The summed E-state index contributed by atoms with van der Waals surface area (Å²) in [6, 6.07) is 39.1. The maximum atomic E-state index is 2.54. The van der Waals surface area contributed by atoms with Gasteiger partial charge in [-0.3, -0.25) is 0 Å². The van der Waals surface area contributed by atoms with Crippen LogP contribution in [0, 0.1) is 0 Å². The zero-order valence-corrected chi connectivity index (χ0v) is 30.8. The van der Waals surface area contributed by atoms with E-state index in [-0.39, 0.29) is 21.7 Å². The standard InChI is InChI=1S/C46H53N/c1-43(2,3)32-23-21-31(22-24-32)37-25-26-39-41(42(37)46(10,11)12)40-36(30-17-14-13-15-18-30)19-16-20-38(40)47(39)35-28-33(44(4,5)6)27-34(29-35)45(7,8)9/h13-29H,1-12H3. The first kappa shape index (κ1) is 32.8. The third-order valence-corrected chi connectivity index (χ3v) is 9.76. The molecule has 6 rings (SSSR count). The van der Waals surface area contributed by atoms with Gasteiger partial charge in [0, 0.05) is 16.5 Å². The quantitative estimate of drug-likeness (QED) is 0.186. The predicted molar refractivity (Wildman–Crippen MR) is 206 cm³/mol. The highest BCUT2D eigenvalue weighted by Gasteiger charge is 2.29.